The number of nitrogens with one attached hydrogen (secondary N) is 1. The van der Waals surface area contributed by atoms with Crippen molar-refractivity contribution in [2.24, 2.45) is 0 Å². The molecule has 0 unspecified atom stereocenters. The van der Waals surface area contributed by atoms with Crippen LogP contribution in [-0.2, 0) is 17.6 Å². The number of aromatic nitrogens is 2. The third kappa shape index (κ3) is 4.11. The Morgan fingerprint density at radius 2 is 2.00 bits per heavy atom. The number of fused-ring (bicyclic) bond motifs is 1. The maximum Gasteiger partial charge on any atom is 0.220 e. The Morgan fingerprint density at radius 1 is 1.17 bits per heavy atom. The van der Waals surface area contributed by atoms with Crippen LogP contribution < -0.4 is 5.32 Å². The van der Waals surface area contributed by atoms with E-state index in [2.05, 4.69) is 10.3 Å². The van der Waals surface area contributed by atoms with Gasteiger partial charge in [0.1, 0.15) is 11.5 Å². The third-order valence-corrected chi connectivity index (χ3v) is 3.97. The number of rotatable bonds is 6. The largest absolute Gasteiger partial charge is 0.356 e. The Balaban J connectivity index is 1.47. The molecule has 0 saturated carbocycles. The van der Waals surface area contributed by atoms with Gasteiger partial charge in [-0.3, -0.25) is 4.79 Å². The number of pyridine rings is 1. The van der Waals surface area contributed by atoms with Gasteiger partial charge in [0.05, 0.1) is 10.7 Å². The number of carbonyl (C=O) groups is 1. The first-order chi connectivity index (χ1) is 11.6. The van der Waals surface area contributed by atoms with E-state index in [9.17, 15) is 9.18 Å². The summed E-state index contributed by atoms with van der Waals surface area (Å²) in [5.41, 5.74) is 2.26. The quantitative estimate of drug-likeness (QED) is 0.744. The number of halogens is 2. The summed E-state index contributed by atoms with van der Waals surface area (Å²) in [6.45, 7) is 0.494. The van der Waals surface area contributed by atoms with Gasteiger partial charge in [-0.15, -0.1) is 0 Å². The molecular weight excluding hydrogens is 329 g/mol. The van der Waals surface area contributed by atoms with Gasteiger partial charge in [-0.2, -0.15) is 0 Å². The molecule has 6 heteroatoms. The zero-order valence-corrected chi connectivity index (χ0v) is 13.8. The second-order valence-electron chi connectivity index (χ2n) is 5.54. The van der Waals surface area contributed by atoms with E-state index < -0.39 is 0 Å². The first-order valence-electron chi connectivity index (χ1n) is 7.75. The van der Waals surface area contributed by atoms with Crippen LogP contribution in [-0.4, -0.2) is 21.8 Å². The van der Waals surface area contributed by atoms with Crippen LogP contribution in [0.2, 0.25) is 5.02 Å². The fourth-order valence-electron chi connectivity index (χ4n) is 2.51. The van der Waals surface area contributed by atoms with Gasteiger partial charge in [-0.25, -0.2) is 9.37 Å². The predicted molar refractivity (Wildman–Crippen MR) is 91.6 cm³/mol. The van der Waals surface area contributed by atoms with Crippen LogP contribution in [0.3, 0.4) is 0 Å². The molecular formula is C18H17ClFN3O. The van der Waals surface area contributed by atoms with Crippen molar-refractivity contribution in [3.05, 3.63) is 70.9 Å². The highest BCUT2D eigenvalue weighted by Gasteiger charge is 2.06. The van der Waals surface area contributed by atoms with Crippen molar-refractivity contribution in [1.29, 1.82) is 0 Å². The summed E-state index contributed by atoms with van der Waals surface area (Å²) in [4.78, 5) is 16.3. The second-order valence-corrected chi connectivity index (χ2v) is 5.97. The van der Waals surface area contributed by atoms with Crippen molar-refractivity contribution in [3.8, 4) is 0 Å². The fourth-order valence-corrected chi connectivity index (χ4v) is 2.67. The molecule has 0 aliphatic heterocycles. The third-order valence-electron chi connectivity index (χ3n) is 3.75. The molecule has 0 atom stereocenters. The van der Waals surface area contributed by atoms with Gasteiger partial charge >= 0.3 is 0 Å². The summed E-state index contributed by atoms with van der Waals surface area (Å²) in [6.07, 6.45) is 4.98. The fraction of sp³-hybridized carbons (Fsp3) is 0.222. The van der Waals surface area contributed by atoms with Gasteiger partial charge in [0, 0.05) is 31.8 Å². The number of carbonyl (C=O) groups excluding carboxylic acids is 1. The van der Waals surface area contributed by atoms with Crippen molar-refractivity contribution in [3.63, 3.8) is 0 Å². The molecule has 1 aromatic carbocycles. The van der Waals surface area contributed by atoms with E-state index in [0.717, 1.165) is 11.3 Å². The first kappa shape index (κ1) is 16.5. The van der Waals surface area contributed by atoms with E-state index in [-0.39, 0.29) is 18.1 Å². The van der Waals surface area contributed by atoms with Crippen molar-refractivity contribution in [1.82, 2.24) is 14.7 Å². The van der Waals surface area contributed by atoms with Gasteiger partial charge in [-0.05, 0) is 30.2 Å². The Hall–Kier alpha value is -2.40. The molecule has 1 amide bonds. The molecule has 24 heavy (non-hydrogen) atoms. The molecule has 124 valence electrons. The standard InChI is InChI=1S/C18H17ClFN3O/c19-14-6-7-17-22-15(12-23(17)11-14)9-10-21-18(24)8-5-13-3-1-2-4-16(13)20/h1-4,6-7,11-12H,5,8-10H2,(H,21,24). The van der Waals surface area contributed by atoms with E-state index >= 15 is 0 Å². The van der Waals surface area contributed by atoms with Crippen LogP contribution in [0.1, 0.15) is 17.7 Å². The molecule has 2 aromatic heterocycles. The van der Waals surface area contributed by atoms with Crippen LogP contribution >= 0.6 is 11.6 Å². The number of imidazole rings is 1. The molecule has 3 aromatic rings. The highest BCUT2D eigenvalue weighted by atomic mass is 35.5. The van der Waals surface area contributed by atoms with E-state index in [4.69, 9.17) is 11.6 Å². The van der Waals surface area contributed by atoms with Crippen LogP contribution in [0.25, 0.3) is 5.65 Å². The van der Waals surface area contributed by atoms with Gasteiger partial charge in [-0.1, -0.05) is 29.8 Å². The number of amides is 1. The maximum absolute atomic E-state index is 13.5. The van der Waals surface area contributed by atoms with Crippen LogP contribution in [0.5, 0.6) is 0 Å². The van der Waals surface area contributed by atoms with Crippen LogP contribution in [0.4, 0.5) is 4.39 Å². The van der Waals surface area contributed by atoms with E-state index in [1.807, 2.05) is 16.7 Å². The number of hydrogen-bond acceptors (Lipinski definition) is 2. The first-order valence-corrected chi connectivity index (χ1v) is 8.13. The monoisotopic (exact) mass is 345 g/mol. The summed E-state index contributed by atoms with van der Waals surface area (Å²) in [5.74, 6) is -0.362. The van der Waals surface area contributed by atoms with E-state index in [1.165, 1.54) is 6.07 Å². The summed E-state index contributed by atoms with van der Waals surface area (Å²) in [5, 5.41) is 3.49. The van der Waals surface area contributed by atoms with Crippen molar-refractivity contribution in [2.75, 3.05) is 6.54 Å². The Bertz CT molecular complexity index is 862. The lowest BCUT2D eigenvalue weighted by Gasteiger charge is -2.05. The highest BCUT2D eigenvalue weighted by molar-refractivity contribution is 6.30. The van der Waals surface area contributed by atoms with Crippen LogP contribution in [0.15, 0.2) is 48.8 Å². The topological polar surface area (TPSA) is 46.4 Å². The molecule has 0 aliphatic rings. The lowest BCUT2D eigenvalue weighted by atomic mass is 10.1. The highest BCUT2D eigenvalue weighted by Crippen LogP contribution is 2.12. The Kier molecular flexibility index (Phi) is 5.11. The Morgan fingerprint density at radius 3 is 2.83 bits per heavy atom. The molecule has 0 spiro atoms. The average molecular weight is 346 g/mol. The minimum Gasteiger partial charge on any atom is -0.356 e. The number of hydrogen-bond donors (Lipinski definition) is 1. The number of aryl methyl sites for hydroxylation is 1. The maximum atomic E-state index is 13.5. The summed E-state index contributed by atoms with van der Waals surface area (Å²) < 4.78 is 15.4. The van der Waals surface area contributed by atoms with Crippen LogP contribution in [0, 0.1) is 5.82 Å². The lowest BCUT2D eigenvalue weighted by Crippen LogP contribution is -2.26. The summed E-state index contributed by atoms with van der Waals surface area (Å²) in [6, 6.07) is 10.2. The second kappa shape index (κ2) is 7.45. The minimum atomic E-state index is -0.270. The molecule has 0 aliphatic carbocycles. The summed E-state index contributed by atoms with van der Waals surface area (Å²) >= 11 is 5.94. The zero-order valence-electron chi connectivity index (χ0n) is 13.0. The number of nitrogens with zero attached hydrogens (tertiary/aromatic N) is 2. The Labute approximate surface area is 144 Å². The molecule has 0 fully saturated rings. The van der Waals surface area contributed by atoms with Crippen molar-refractivity contribution in [2.45, 2.75) is 19.3 Å². The predicted octanol–water partition coefficient (Wildman–Crippen LogP) is 3.42. The van der Waals surface area contributed by atoms with Gasteiger partial charge < -0.3 is 9.72 Å². The zero-order chi connectivity index (χ0) is 16.9. The lowest BCUT2D eigenvalue weighted by molar-refractivity contribution is -0.121. The molecule has 0 radical (unpaired) electrons. The van der Waals surface area contributed by atoms with Crippen molar-refractivity contribution >= 4 is 23.2 Å². The minimum absolute atomic E-state index is 0.0925. The molecule has 3 rings (SSSR count). The molecule has 0 saturated heterocycles. The van der Waals surface area contributed by atoms with Gasteiger partial charge in [0.15, 0.2) is 0 Å². The van der Waals surface area contributed by atoms with Gasteiger partial charge in [0.2, 0.25) is 5.91 Å². The molecule has 1 N–H and O–H groups in total. The molecule has 0 bridgehead atoms. The van der Waals surface area contributed by atoms with Gasteiger partial charge in [0.25, 0.3) is 0 Å². The average Bonchev–Trinajstić information content (AvgIpc) is 2.96. The normalized spacial score (nSPS) is 10.9. The SMILES string of the molecule is O=C(CCc1ccccc1F)NCCc1cn2cc(Cl)ccc2n1. The number of benzene rings is 1. The summed E-state index contributed by atoms with van der Waals surface area (Å²) in [7, 11) is 0. The molecule has 2 heterocycles. The van der Waals surface area contributed by atoms with E-state index in [1.54, 1.807) is 30.5 Å². The molecule has 4 nitrogen and oxygen atoms in total. The smallest absolute Gasteiger partial charge is 0.220 e. The van der Waals surface area contributed by atoms with Crippen molar-refractivity contribution < 1.29 is 9.18 Å². The van der Waals surface area contributed by atoms with E-state index in [0.29, 0.717) is 30.0 Å².